The minimum atomic E-state index is -0.621. The lowest BCUT2D eigenvalue weighted by Gasteiger charge is -2.14. The standard InChI is InChI=1S/C11H17NO4/c1-8(14)5-6-11(16)12-10(9(2)15)4-3-7-13/h7,10H,3-6H2,1-2H3,(H,12,16). The maximum Gasteiger partial charge on any atom is 0.221 e. The Bertz CT molecular complexity index is 286. The first-order valence-corrected chi connectivity index (χ1v) is 5.20. The van der Waals surface area contributed by atoms with Crippen molar-refractivity contribution in [2.24, 2.45) is 0 Å². The zero-order valence-electron chi connectivity index (χ0n) is 9.62. The van der Waals surface area contributed by atoms with Gasteiger partial charge in [0, 0.05) is 19.3 Å². The zero-order chi connectivity index (χ0) is 12.6. The van der Waals surface area contributed by atoms with Gasteiger partial charge in [0.15, 0.2) is 5.78 Å². The van der Waals surface area contributed by atoms with Gasteiger partial charge in [-0.15, -0.1) is 0 Å². The van der Waals surface area contributed by atoms with Crippen LogP contribution in [0.25, 0.3) is 0 Å². The monoisotopic (exact) mass is 227 g/mol. The quantitative estimate of drug-likeness (QED) is 0.609. The fourth-order valence-corrected chi connectivity index (χ4v) is 1.17. The van der Waals surface area contributed by atoms with Gasteiger partial charge in [0.1, 0.15) is 12.1 Å². The van der Waals surface area contributed by atoms with Crippen molar-refractivity contribution in [1.29, 1.82) is 0 Å². The first kappa shape index (κ1) is 14.5. The Kier molecular flexibility index (Phi) is 7.00. The predicted octanol–water partition coefficient (Wildman–Crippen LogP) is 0.408. The van der Waals surface area contributed by atoms with E-state index < -0.39 is 6.04 Å². The van der Waals surface area contributed by atoms with E-state index in [1.54, 1.807) is 0 Å². The van der Waals surface area contributed by atoms with Crippen LogP contribution in [0.15, 0.2) is 0 Å². The highest BCUT2D eigenvalue weighted by Crippen LogP contribution is 1.99. The van der Waals surface area contributed by atoms with Crippen LogP contribution in [0.3, 0.4) is 0 Å². The molecular weight excluding hydrogens is 210 g/mol. The summed E-state index contributed by atoms with van der Waals surface area (Å²) in [5.41, 5.74) is 0. The molecule has 1 amide bonds. The van der Waals surface area contributed by atoms with Crippen molar-refractivity contribution in [3.63, 3.8) is 0 Å². The number of carbonyl (C=O) groups is 4. The molecule has 0 saturated carbocycles. The second-order valence-corrected chi connectivity index (χ2v) is 3.68. The normalized spacial score (nSPS) is 11.6. The Hall–Kier alpha value is -1.52. The fraction of sp³-hybridized carbons (Fsp3) is 0.636. The number of hydrogen-bond acceptors (Lipinski definition) is 4. The minimum Gasteiger partial charge on any atom is -0.346 e. The van der Waals surface area contributed by atoms with Gasteiger partial charge in [-0.1, -0.05) is 0 Å². The summed E-state index contributed by atoms with van der Waals surface area (Å²) in [5, 5.41) is 2.51. The van der Waals surface area contributed by atoms with Crippen molar-refractivity contribution < 1.29 is 19.2 Å². The fourth-order valence-electron chi connectivity index (χ4n) is 1.17. The van der Waals surface area contributed by atoms with Crippen molar-refractivity contribution in [3.8, 4) is 0 Å². The Morgan fingerprint density at radius 2 is 1.81 bits per heavy atom. The van der Waals surface area contributed by atoms with Crippen LogP contribution in [0, 0.1) is 0 Å². The van der Waals surface area contributed by atoms with Crippen molar-refractivity contribution in [1.82, 2.24) is 5.32 Å². The van der Waals surface area contributed by atoms with Crippen LogP contribution < -0.4 is 5.32 Å². The highest BCUT2D eigenvalue weighted by Gasteiger charge is 2.16. The molecule has 0 bridgehead atoms. The van der Waals surface area contributed by atoms with Gasteiger partial charge in [0.25, 0.3) is 0 Å². The molecule has 5 nitrogen and oxygen atoms in total. The lowest BCUT2D eigenvalue weighted by Crippen LogP contribution is -2.39. The lowest BCUT2D eigenvalue weighted by atomic mass is 10.1. The number of amides is 1. The summed E-state index contributed by atoms with van der Waals surface area (Å²) in [6.07, 6.45) is 1.50. The molecule has 0 rings (SSSR count). The molecule has 0 aliphatic heterocycles. The Morgan fingerprint density at radius 1 is 1.19 bits per heavy atom. The number of carbonyl (C=O) groups excluding carboxylic acids is 4. The highest BCUT2D eigenvalue weighted by atomic mass is 16.2. The molecule has 0 fully saturated rings. The predicted molar refractivity (Wildman–Crippen MR) is 57.8 cm³/mol. The van der Waals surface area contributed by atoms with E-state index in [1.165, 1.54) is 13.8 Å². The van der Waals surface area contributed by atoms with Gasteiger partial charge in [-0.25, -0.2) is 0 Å². The van der Waals surface area contributed by atoms with Gasteiger partial charge in [-0.3, -0.25) is 9.59 Å². The molecule has 16 heavy (non-hydrogen) atoms. The van der Waals surface area contributed by atoms with E-state index in [-0.39, 0.29) is 36.7 Å². The first-order valence-electron chi connectivity index (χ1n) is 5.20. The first-order chi connectivity index (χ1) is 7.47. The third-order valence-electron chi connectivity index (χ3n) is 2.10. The number of Topliss-reactive ketones (excluding diaryl/α,β-unsaturated/α-hetero) is 2. The lowest BCUT2D eigenvalue weighted by molar-refractivity contribution is -0.128. The van der Waals surface area contributed by atoms with E-state index >= 15 is 0 Å². The highest BCUT2D eigenvalue weighted by molar-refractivity contribution is 5.89. The van der Waals surface area contributed by atoms with Crippen LogP contribution in [-0.2, 0) is 19.2 Å². The van der Waals surface area contributed by atoms with E-state index in [1.807, 2.05) is 0 Å². The summed E-state index contributed by atoms with van der Waals surface area (Å²) < 4.78 is 0. The Balaban J connectivity index is 4.07. The number of hydrogen-bond donors (Lipinski definition) is 1. The molecule has 0 radical (unpaired) electrons. The van der Waals surface area contributed by atoms with Gasteiger partial charge in [-0.05, 0) is 20.3 Å². The SMILES string of the molecule is CC(=O)CCC(=O)NC(CCC=O)C(C)=O. The van der Waals surface area contributed by atoms with E-state index in [4.69, 9.17) is 0 Å². The summed E-state index contributed by atoms with van der Waals surface area (Å²) in [5.74, 6) is -0.582. The number of rotatable bonds is 8. The third kappa shape index (κ3) is 6.86. The molecule has 1 atom stereocenters. The maximum absolute atomic E-state index is 11.3. The summed E-state index contributed by atoms with van der Waals surface area (Å²) in [6, 6.07) is -0.621. The van der Waals surface area contributed by atoms with E-state index in [0.29, 0.717) is 12.7 Å². The van der Waals surface area contributed by atoms with Gasteiger partial charge in [0.05, 0.1) is 6.04 Å². The van der Waals surface area contributed by atoms with Gasteiger partial charge in [-0.2, -0.15) is 0 Å². The van der Waals surface area contributed by atoms with E-state index in [0.717, 1.165) is 0 Å². The summed E-state index contributed by atoms with van der Waals surface area (Å²) >= 11 is 0. The molecule has 0 aromatic carbocycles. The molecule has 0 heterocycles. The van der Waals surface area contributed by atoms with Gasteiger partial charge < -0.3 is 14.9 Å². The zero-order valence-corrected chi connectivity index (χ0v) is 9.62. The summed E-state index contributed by atoms with van der Waals surface area (Å²) in [7, 11) is 0. The summed E-state index contributed by atoms with van der Waals surface area (Å²) in [6.45, 7) is 2.77. The number of ketones is 2. The third-order valence-corrected chi connectivity index (χ3v) is 2.10. The van der Waals surface area contributed by atoms with Crippen LogP contribution in [-0.4, -0.2) is 29.8 Å². The molecule has 0 aromatic rings. The van der Waals surface area contributed by atoms with E-state index in [2.05, 4.69) is 5.32 Å². The van der Waals surface area contributed by atoms with Crippen LogP contribution in [0.5, 0.6) is 0 Å². The maximum atomic E-state index is 11.3. The van der Waals surface area contributed by atoms with Crippen molar-refractivity contribution in [2.45, 2.75) is 45.6 Å². The molecule has 1 unspecified atom stereocenters. The van der Waals surface area contributed by atoms with Crippen molar-refractivity contribution >= 4 is 23.8 Å². The average molecular weight is 227 g/mol. The molecular formula is C11H17NO4. The van der Waals surface area contributed by atoms with Gasteiger partial charge >= 0.3 is 0 Å². The van der Waals surface area contributed by atoms with Crippen LogP contribution in [0.1, 0.15) is 39.5 Å². The van der Waals surface area contributed by atoms with Crippen molar-refractivity contribution in [2.75, 3.05) is 0 Å². The molecule has 1 N–H and O–H groups in total. The topological polar surface area (TPSA) is 80.3 Å². The van der Waals surface area contributed by atoms with Crippen LogP contribution in [0.2, 0.25) is 0 Å². The van der Waals surface area contributed by atoms with Gasteiger partial charge in [0.2, 0.25) is 5.91 Å². The summed E-state index contributed by atoms with van der Waals surface area (Å²) in [4.78, 5) is 43.3. The van der Waals surface area contributed by atoms with Crippen molar-refractivity contribution in [3.05, 3.63) is 0 Å². The average Bonchev–Trinajstić information content (AvgIpc) is 2.20. The van der Waals surface area contributed by atoms with E-state index in [9.17, 15) is 19.2 Å². The molecule has 0 aliphatic rings. The molecule has 5 heteroatoms. The second kappa shape index (κ2) is 7.73. The molecule has 0 aromatic heterocycles. The Labute approximate surface area is 94.6 Å². The minimum absolute atomic E-state index is 0.0672. The smallest absolute Gasteiger partial charge is 0.221 e. The second-order valence-electron chi connectivity index (χ2n) is 3.68. The van der Waals surface area contributed by atoms with Crippen LogP contribution >= 0.6 is 0 Å². The number of aldehydes is 1. The van der Waals surface area contributed by atoms with Crippen LogP contribution in [0.4, 0.5) is 0 Å². The Morgan fingerprint density at radius 3 is 2.25 bits per heavy atom. The molecule has 0 spiro atoms. The largest absolute Gasteiger partial charge is 0.346 e. The molecule has 0 aliphatic carbocycles. The number of nitrogens with one attached hydrogen (secondary N) is 1. The molecule has 90 valence electrons. The molecule has 0 saturated heterocycles.